The van der Waals surface area contributed by atoms with E-state index in [1.807, 2.05) is 13.8 Å². The van der Waals surface area contributed by atoms with Crippen molar-refractivity contribution in [1.29, 1.82) is 0 Å². The van der Waals surface area contributed by atoms with Crippen LogP contribution in [0.3, 0.4) is 0 Å². The third-order valence-electron chi connectivity index (χ3n) is 4.43. The van der Waals surface area contributed by atoms with Crippen molar-refractivity contribution in [3.63, 3.8) is 0 Å². The smallest absolute Gasteiger partial charge is 0.507 e. The number of hydrogen-bond acceptors (Lipinski definition) is 8. The molecule has 0 unspecified atom stereocenters. The van der Waals surface area contributed by atoms with Gasteiger partial charge in [-0.1, -0.05) is 35.4 Å². The monoisotopic (exact) mass is 578 g/mol. The quantitative estimate of drug-likeness (QED) is 0.140. The minimum atomic E-state index is -4.09. The molecule has 12 nitrogen and oxygen atoms in total. The van der Waals surface area contributed by atoms with Crippen molar-refractivity contribution in [2.75, 3.05) is 12.6 Å². The molecule has 0 aliphatic rings. The Kier molecular flexibility index (Phi) is 14.5. The molecule has 10 N–H and O–H groups in total. The van der Waals surface area contributed by atoms with Gasteiger partial charge in [-0.3, -0.25) is 9.13 Å². The third kappa shape index (κ3) is 13.0. The maximum Gasteiger partial charge on any atom is 3.00 e. The van der Waals surface area contributed by atoms with Gasteiger partial charge in [0.1, 0.15) is 11.5 Å². The summed E-state index contributed by atoms with van der Waals surface area (Å²) in [6, 6.07) is 6.70. The first-order valence-electron chi connectivity index (χ1n) is 10.0. The molecule has 0 bridgehead atoms. The Hall–Kier alpha value is -1.30. The van der Waals surface area contributed by atoms with Crippen LogP contribution in [0, 0.1) is 13.8 Å². The van der Waals surface area contributed by atoms with Crippen LogP contribution in [0.25, 0.3) is 0 Å². The van der Waals surface area contributed by atoms with Gasteiger partial charge in [-0.15, -0.1) is 0 Å². The second-order valence-electron chi connectivity index (χ2n) is 7.68. The molecule has 2 aromatic carbocycles. The summed E-state index contributed by atoms with van der Waals surface area (Å²) in [6.07, 6.45) is -0.899. The van der Waals surface area contributed by atoms with Gasteiger partial charge in [0.2, 0.25) is 0 Å². The summed E-state index contributed by atoms with van der Waals surface area (Å²) in [4.78, 5) is 34.7. The first kappa shape index (κ1) is 33.7. The third-order valence-corrected chi connectivity index (χ3v) is 5.70. The van der Waals surface area contributed by atoms with Crippen molar-refractivity contribution in [1.82, 2.24) is 10.6 Å². The topological polar surface area (TPSA) is 220 Å². The maximum absolute atomic E-state index is 10.6. The van der Waals surface area contributed by atoms with Gasteiger partial charge in [0.25, 0.3) is 0 Å². The molecule has 2 aromatic rings. The van der Waals surface area contributed by atoms with E-state index in [1.54, 1.807) is 24.3 Å². The average Bonchev–Trinajstić information content (AvgIpc) is 2.71. The van der Waals surface area contributed by atoms with Gasteiger partial charge in [-0.05, 0) is 13.8 Å². The van der Waals surface area contributed by atoms with E-state index in [-0.39, 0.29) is 54.9 Å². The van der Waals surface area contributed by atoms with Crippen molar-refractivity contribution in [2.45, 2.75) is 40.2 Å². The fourth-order valence-corrected chi connectivity index (χ4v) is 3.86. The molecule has 0 fully saturated rings. The van der Waals surface area contributed by atoms with E-state index >= 15 is 0 Å². The molecular formula is C20H32FeN2O10P2+3. The van der Waals surface area contributed by atoms with Gasteiger partial charge in [0.05, 0.1) is 25.8 Å². The standard InChI is InChI=1S/2C10H16NO5P.Fe/c2*1-7-2-8(4-11-6-17(14,15)16)10(13)9(3-7)5-12;/h2*2-3,11-13H,4-6H2,1H3,(H2,14,15,16);/q;;+3. The number of aliphatic hydroxyl groups excluding tert-OH is 2. The van der Waals surface area contributed by atoms with Crippen LogP contribution in [0.4, 0.5) is 0 Å². The number of phenols is 2. The Morgan fingerprint density at radius 1 is 0.657 bits per heavy atom. The van der Waals surface area contributed by atoms with Gasteiger partial charge in [-0.25, -0.2) is 0 Å². The largest absolute Gasteiger partial charge is 3.00 e. The van der Waals surface area contributed by atoms with Crippen LogP contribution in [-0.2, 0) is 52.5 Å². The van der Waals surface area contributed by atoms with Crippen molar-refractivity contribution < 1.29 is 66.2 Å². The molecule has 1 radical (unpaired) electrons. The molecule has 0 amide bonds. The predicted molar refractivity (Wildman–Crippen MR) is 125 cm³/mol. The Balaban J connectivity index is 0.000000642. The van der Waals surface area contributed by atoms with Gasteiger partial charge < -0.3 is 50.6 Å². The van der Waals surface area contributed by atoms with Crippen molar-refractivity contribution in [3.05, 3.63) is 57.6 Å². The molecule has 0 aromatic heterocycles. The fourth-order valence-electron chi connectivity index (χ4n) is 3.05. The minimum Gasteiger partial charge on any atom is -0.507 e. The summed E-state index contributed by atoms with van der Waals surface area (Å²) < 4.78 is 21.3. The molecule has 15 heteroatoms. The zero-order chi connectivity index (χ0) is 26.1. The molecule has 0 spiro atoms. The number of aromatic hydroxyl groups is 2. The number of rotatable bonds is 10. The van der Waals surface area contributed by atoms with Crippen molar-refractivity contribution in [3.8, 4) is 11.5 Å². The van der Waals surface area contributed by atoms with E-state index < -0.39 is 27.8 Å². The van der Waals surface area contributed by atoms with E-state index in [0.717, 1.165) is 11.1 Å². The zero-order valence-corrected chi connectivity index (χ0v) is 22.1. The Morgan fingerprint density at radius 2 is 0.943 bits per heavy atom. The molecule has 0 heterocycles. The summed E-state index contributed by atoms with van der Waals surface area (Å²) in [5.41, 5.74) is 3.53. The first-order valence-corrected chi connectivity index (χ1v) is 13.6. The van der Waals surface area contributed by atoms with Crippen LogP contribution < -0.4 is 10.6 Å². The van der Waals surface area contributed by atoms with Gasteiger partial charge in [0, 0.05) is 35.3 Å². The molecule has 0 aliphatic carbocycles. The number of hydrogen-bond donors (Lipinski definition) is 10. The van der Waals surface area contributed by atoms with Crippen LogP contribution in [-0.4, -0.2) is 52.6 Å². The number of aryl methyl sites for hydroxylation is 2. The van der Waals surface area contributed by atoms with Crippen molar-refractivity contribution in [2.24, 2.45) is 0 Å². The normalized spacial score (nSPS) is 11.4. The van der Waals surface area contributed by atoms with Gasteiger partial charge in [0.15, 0.2) is 0 Å². The molecule has 35 heavy (non-hydrogen) atoms. The zero-order valence-electron chi connectivity index (χ0n) is 19.2. The molecular weight excluding hydrogens is 546 g/mol. The van der Waals surface area contributed by atoms with Crippen LogP contribution in [0.1, 0.15) is 33.4 Å². The molecule has 2 rings (SSSR count). The SMILES string of the molecule is Cc1cc(CO)c(O)c(CNCP(=O)(O)O)c1.Cc1cc(CO)c(O)c(CNCP(=O)(O)O)c1.[Fe+3]. The summed E-state index contributed by atoms with van der Waals surface area (Å²) in [7, 11) is -8.18. The van der Waals surface area contributed by atoms with Gasteiger partial charge in [-0.2, -0.15) is 0 Å². The first-order chi connectivity index (χ1) is 15.7. The summed E-state index contributed by atoms with van der Waals surface area (Å²) in [6.45, 7) is 3.32. The minimum absolute atomic E-state index is 0. The number of benzene rings is 2. The molecule has 197 valence electrons. The Bertz CT molecular complexity index is 975. The van der Waals surface area contributed by atoms with E-state index in [9.17, 15) is 19.3 Å². The molecule has 0 aliphatic heterocycles. The number of aliphatic hydroxyl groups is 2. The summed E-state index contributed by atoms with van der Waals surface area (Å²) >= 11 is 0. The second kappa shape index (κ2) is 15.1. The van der Waals surface area contributed by atoms with E-state index in [1.165, 1.54) is 0 Å². The van der Waals surface area contributed by atoms with E-state index in [0.29, 0.717) is 22.3 Å². The van der Waals surface area contributed by atoms with E-state index in [4.69, 9.17) is 29.8 Å². The molecule has 0 saturated heterocycles. The van der Waals surface area contributed by atoms with Crippen LogP contribution in [0.5, 0.6) is 11.5 Å². The molecule has 0 atom stereocenters. The summed E-state index contributed by atoms with van der Waals surface area (Å²) in [5, 5.41) is 42.6. The summed E-state index contributed by atoms with van der Waals surface area (Å²) in [5.74, 6) is -0.0902. The van der Waals surface area contributed by atoms with Crippen LogP contribution >= 0.6 is 15.2 Å². The number of nitrogens with one attached hydrogen (secondary N) is 2. The Labute approximate surface area is 213 Å². The van der Waals surface area contributed by atoms with Crippen molar-refractivity contribution >= 4 is 15.2 Å². The predicted octanol–water partition coefficient (Wildman–Crippen LogP) is 0.833. The van der Waals surface area contributed by atoms with E-state index in [2.05, 4.69) is 10.6 Å². The van der Waals surface area contributed by atoms with Crippen LogP contribution in [0.15, 0.2) is 24.3 Å². The fraction of sp³-hybridized carbons (Fsp3) is 0.400. The van der Waals surface area contributed by atoms with Crippen LogP contribution in [0.2, 0.25) is 0 Å². The second-order valence-corrected chi connectivity index (χ2v) is 11.0. The molecule has 0 saturated carbocycles. The maximum atomic E-state index is 10.6. The average molecular weight is 578 g/mol. The Morgan fingerprint density at radius 3 is 1.20 bits per heavy atom. The van der Waals surface area contributed by atoms with Gasteiger partial charge >= 0.3 is 32.3 Å².